The number of carbonyl (C=O) groups excluding carboxylic acids is 1. The van der Waals surface area contributed by atoms with Crippen molar-refractivity contribution in [3.63, 3.8) is 0 Å². The maximum absolute atomic E-state index is 14.5. The van der Waals surface area contributed by atoms with Gasteiger partial charge in [-0.1, -0.05) is 31.4 Å². The summed E-state index contributed by atoms with van der Waals surface area (Å²) in [7, 11) is -3.10. The summed E-state index contributed by atoms with van der Waals surface area (Å²) in [5.41, 5.74) is 5.81. The van der Waals surface area contributed by atoms with E-state index in [-0.39, 0.29) is 64.1 Å². The van der Waals surface area contributed by atoms with Gasteiger partial charge in [-0.05, 0) is 54.2 Å². The fourth-order valence-corrected chi connectivity index (χ4v) is 9.51. The number of ether oxygens (including phenoxy) is 1. The molecule has 1 amide bonds. The van der Waals surface area contributed by atoms with Crippen LogP contribution in [0.5, 0.6) is 5.75 Å². The van der Waals surface area contributed by atoms with Crippen molar-refractivity contribution in [2.45, 2.75) is 70.1 Å². The molecule has 24 heteroatoms. The van der Waals surface area contributed by atoms with Crippen LogP contribution in [0.3, 0.4) is 0 Å². The van der Waals surface area contributed by atoms with E-state index in [4.69, 9.17) is 43.6 Å². The molecule has 3 aliphatic heterocycles. The highest BCUT2D eigenvalue weighted by Gasteiger charge is 2.31. The zero-order chi connectivity index (χ0) is 44.8. The predicted octanol–water partition coefficient (Wildman–Crippen LogP) is 4.65. The van der Waals surface area contributed by atoms with Gasteiger partial charge in [0.25, 0.3) is 5.91 Å². The third-order valence-electron chi connectivity index (χ3n) is 9.07. The molecule has 2 aromatic heterocycles. The van der Waals surface area contributed by atoms with Gasteiger partial charge in [-0.15, -0.1) is 18.2 Å². The van der Waals surface area contributed by atoms with Crippen molar-refractivity contribution >= 4 is 88.5 Å². The van der Waals surface area contributed by atoms with Gasteiger partial charge in [0.05, 0.1) is 23.0 Å². The van der Waals surface area contributed by atoms with Crippen LogP contribution < -0.4 is 29.8 Å². The SMILES string of the molecule is C#CCN1C(=O)COc2cc(F)c(N=c3snc4n3CC(C)(C)C4)cc21.CP(=O)(O)CCC(N)C(=O)O.O=C(O)CSc1cc(N=c2sc(=O)n3n2CCCC3)c(F)cc1Cl. The minimum atomic E-state index is -3.10. The first kappa shape index (κ1) is 47.4. The maximum Gasteiger partial charge on any atom is 0.325 e. The molecule has 328 valence electrons. The molecule has 0 spiro atoms. The van der Waals surface area contributed by atoms with Gasteiger partial charge in [0.1, 0.15) is 34.8 Å². The van der Waals surface area contributed by atoms with Crippen LogP contribution in [0.4, 0.5) is 25.8 Å². The van der Waals surface area contributed by atoms with E-state index in [1.807, 2.05) is 4.57 Å². The molecule has 0 saturated heterocycles. The molecule has 2 unspecified atom stereocenters. The normalized spacial score (nSPS) is 17.0. The quantitative estimate of drug-likeness (QED) is 0.0966. The molecular formula is C37H42ClF2N8O9PS3. The number of nitrogens with two attached hydrogens (primary N) is 1. The molecular weight excluding hydrogens is 901 g/mol. The second-order valence-electron chi connectivity index (χ2n) is 14.8. The van der Waals surface area contributed by atoms with Gasteiger partial charge in [0.15, 0.2) is 19.8 Å². The molecule has 3 aliphatic rings. The minimum absolute atomic E-state index is 0.0370. The number of terminal acetylenes is 1. The van der Waals surface area contributed by atoms with Crippen LogP contribution >= 0.6 is 53.6 Å². The van der Waals surface area contributed by atoms with Crippen molar-refractivity contribution in [1.82, 2.24) is 18.3 Å². The van der Waals surface area contributed by atoms with Crippen molar-refractivity contribution in [1.29, 1.82) is 0 Å². The average Bonchev–Trinajstić information content (AvgIpc) is 3.81. The van der Waals surface area contributed by atoms with Gasteiger partial charge < -0.3 is 30.1 Å². The summed E-state index contributed by atoms with van der Waals surface area (Å²) in [6.45, 7) is 7.53. The maximum atomic E-state index is 14.5. The number of hydrogen-bond acceptors (Lipinski definition) is 13. The van der Waals surface area contributed by atoms with Crippen molar-refractivity contribution in [2.24, 2.45) is 21.1 Å². The summed E-state index contributed by atoms with van der Waals surface area (Å²) in [6, 6.07) is 4.25. The Labute approximate surface area is 364 Å². The van der Waals surface area contributed by atoms with E-state index in [0.717, 1.165) is 60.8 Å². The van der Waals surface area contributed by atoms with Crippen LogP contribution in [0.15, 0.2) is 43.9 Å². The lowest BCUT2D eigenvalue weighted by molar-refractivity contribution is -0.138. The van der Waals surface area contributed by atoms with Crippen molar-refractivity contribution in [2.75, 3.05) is 36.6 Å². The molecule has 5 N–H and O–H groups in total. The molecule has 0 saturated carbocycles. The number of aliphatic carboxylic acids is 2. The van der Waals surface area contributed by atoms with Crippen LogP contribution in [0.1, 0.15) is 38.9 Å². The van der Waals surface area contributed by atoms with Gasteiger partial charge in [0.2, 0.25) is 9.60 Å². The summed E-state index contributed by atoms with van der Waals surface area (Å²) >= 11 is 9.16. The van der Waals surface area contributed by atoms with Gasteiger partial charge in [0, 0.05) is 61.4 Å². The third kappa shape index (κ3) is 12.5. The number of aromatic nitrogens is 4. The summed E-state index contributed by atoms with van der Waals surface area (Å²) < 4.78 is 54.5. The Balaban J connectivity index is 0.000000188. The number of benzene rings is 2. The number of carbonyl (C=O) groups is 3. The highest BCUT2D eigenvalue weighted by Crippen LogP contribution is 2.38. The summed E-state index contributed by atoms with van der Waals surface area (Å²) in [5.74, 6) is -0.0109. The smallest absolute Gasteiger partial charge is 0.325 e. The molecule has 0 radical (unpaired) electrons. The van der Waals surface area contributed by atoms with Gasteiger partial charge in [-0.25, -0.2) is 23.4 Å². The van der Waals surface area contributed by atoms with E-state index < -0.39 is 37.0 Å². The molecule has 2 atom stereocenters. The lowest BCUT2D eigenvalue weighted by atomic mass is 9.92. The topological polar surface area (TPSA) is 237 Å². The van der Waals surface area contributed by atoms with Crippen LogP contribution in [0.2, 0.25) is 5.02 Å². The number of halogens is 3. The molecule has 4 aromatic rings. The van der Waals surface area contributed by atoms with E-state index >= 15 is 0 Å². The van der Waals surface area contributed by atoms with E-state index in [1.165, 1.54) is 41.3 Å². The monoisotopic (exact) mass is 942 g/mol. The summed E-state index contributed by atoms with van der Waals surface area (Å²) in [6.07, 6.45) is 8.08. The lowest BCUT2D eigenvalue weighted by Gasteiger charge is -2.28. The number of nitrogens with zero attached hydrogens (tertiary/aromatic N) is 7. The number of carboxylic acids is 2. The fraction of sp³-hybridized carbons (Fsp3) is 0.432. The minimum Gasteiger partial charge on any atom is -0.481 e. The fourth-order valence-electron chi connectivity index (χ4n) is 6.12. The Bertz CT molecular complexity index is 2630. The van der Waals surface area contributed by atoms with E-state index in [1.54, 1.807) is 9.36 Å². The van der Waals surface area contributed by atoms with Crippen molar-refractivity contribution < 1.29 is 47.6 Å². The Hall–Kier alpha value is -4.62. The Morgan fingerprint density at radius 1 is 1.11 bits per heavy atom. The highest BCUT2D eigenvalue weighted by atomic mass is 35.5. The van der Waals surface area contributed by atoms with E-state index in [2.05, 4.69) is 34.1 Å². The number of amides is 1. The first-order chi connectivity index (χ1) is 28.7. The second-order valence-corrected chi connectivity index (χ2v) is 20.4. The summed E-state index contributed by atoms with van der Waals surface area (Å²) in [4.78, 5) is 65.1. The first-order valence-corrected chi connectivity index (χ1v) is 23.7. The Morgan fingerprint density at radius 2 is 1.77 bits per heavy atom. The van der Waals surface area contributed by atoms with Gasteiger partial charge >= 0.3 is 16.8 Å². The zero-order valence-electron chi connectivity index (χ0n) is 33.0. The van der Waals surface area contributed by atoms with Gasteiger partial charge in [-0.3, -0.25) is 33.3 Å². The first-order valence-electron chi connectivity index (χ1n) is 18.4. The van der Waals surface area contributed by atoms with Crippen LogP contribution in [0.25, 0.3) is 0 Å². The molecule has 0 bridgehead atoms. The third-order valence-corrected chi connectivity index (χ3v) is 13.3. The molecule has 17 nitrogen and oxygen atoms in total. The number of rotatable bonds is 10. The standard InChI is InChI=1S/C18H17FN4O2S.C14H13ClFN3O3S2.C5H12NO4P/c1-4-5-22-13-7-12(11(19)6-14(13)25-9-16(22)24)20-17-23-10-18(2,3)8-15(23)21-26-17;15-8-5-9(16)10(6-11(8)23-7-12(20)21)17-13-18-3-1-2-4-19(18)14(22)24-13;1-11(9,10)3-2-4(6)5(7)8/h1,6-7H,5,8-10H2,2-3H3;5-6H,1-4,7H2,(H,20,21);4H,2-3,6H2,1H3,(H,7,8)(H,9,10). The predicted molar refractivity (Wildman–Crippen MR) is 228 cm³/mol. The van der Waals surface area contributed by atoms with Crippen LogP contribution in [-0.4, -0.2) is 89.0 Å². The summed E-state index contributed by atoms with van der Waals surface area (Å²) in [5, 5.41) is 17.2. The van der Waals surface area contributed by atoms with Crippen molar-refractivity contribution in [3.05, 3.63) is 66.0 Å². The van der Waals surface area contributed by atoms with E-state index in [9.17, 15) is 32.5 Å². The average molecular weight is 943 g/mol. The molecule has 5 heterocycles. The zero-order valence-corrected chi connectivity index (χ0v) is 37.1. The Morgan fingerprint density at radius 3 is 2.43 bits per heavy atom. The van der Waals surface area contributed by atoms with E-state index in [0.29, 0.717) is 39.0 Å². The Kier molecular flexibility index (Phi) is 15.6. The number of fused-ring (bicyclic) bond motifs is 3. The van der Waals surface area contributed by atoms with Crippen molar-refractivity contribution in [3.8, 4) is 18.1 Å². The number of anilines is 1. The molecule has 0 aliphatic carbocycles. The largest absolute Gasteiger partial charge is 0.481 e. The molecule has 61 heavy (non-hydrogen) atoms. The molecule has 7 rings (SSSR count). The molecule has 0 fully saturated rings. The number of carboxylic acid groups (broad SMARTS) is 2. The van der Waals surface area contributed by atoms with Crippen LogP contribution in [0, 0.1) is 29.4 Å². The highest BCUT2D eigenvalue weighted by molar-refractivity contribution is 8.00. The van der Waals surface area contributed by atoms with Gasteiger partial charge in [-0.2, -0.15) is 4.37 Å². The number of hydrogen-bond donors (Lipinski definition) is 4. The second kappa shape index (κ2) is 20.0. The molecule has 2 aromatic carbocycles. The van der Waals surface area contributed by atoms with Crippen LogP contribution in [-0.2, 0) is 45.0 Å². The lowest BCUT2D eigenvalue weighted by Crippen LogP contribution is -2.39. The number of thioether (sulfide) groups is 1.